The molecule has 0 radical (unpaired) electrons. The first-order valence-corrected chi connectivity index (χ1v) is 6.96. The first kappa shape index (κ1) is 12.0. The molecule has 1 aromatic carbocycles. The molecule has 0 spiro atoms. The van der Waals surface area contributed by atoms with Gasteiger partial charge in [-0.05, 0) is 30.3 Å². The Morgan fingerprint density at radius 3 is 2.81 bits per heavy atom. The molecule has 0 bridgehead atoms. The highest BCUT2D eigenvalue weighted by molar-refractivity contribution is 7.22. The molecule has 1 aliphatic heterocycles. The molecule has 2 aromatic heterocycles. The van der Waals surface area contributed by atoms with Crippen molar-refractivity contribution in [3.05, 3.63) is 47.8 Å². The standard InChI is InChI=1S/C14H8N4O2S/c15-7-3-4-9-10(6-7)21-14(17-9)18-12(19)8-2-1-5-16-11(8)13(18)20/h1-6H,15H2. The van der Waals surface area contributed by atoms with Crippen LogP contribution in [0.25, 0.3) is 10.2 Å². The van der Waals surface area contributed by atoms with Gasteiger partial charge in [0.25, 0.3) is 11.8 Å². The number of hydrogen-bond donors (Lipinski definition) is 1. The second-order valence-corrected chi connectivity index (χ2v) is 5.58. The molecule has 0 aliphatic carbocycles. The summed E-state index contributed by atoms with van der Waals surface area (Å²) in [5.41, 5.74) is 7.52. The zero-order valence-electron chi connectivity index (χ0n) is 10.6. The summed E-state index contributed by atoms with van der Waals surface area (Å²) < 4.78 is 0.828. The molecule has 0 unspecified atom stereocenters. The highest BCUT2D eigenvalue weighted by Gasteiger charge is 2.39. The van der Waals surface area contributed by atoms with Crippen molar-refractivity contribution < 1.29 is 9.59 Å². The smallest absolute Gasteiger partial charge is 0.286 e. The number of carbonyl (C=O) groups excluding carboxylic acids is 2. The van der Waals surface area contributed by atoms with Crippen molar-refractivity contribution in [2.24, 2.45) is 0 Å². The number of fused-ring (bicyclic) bond motifs is 2. The Morgan fingerprint density at radius 2 is 2.00 bits per heavy atom. The lowest BCUT2D eigenvalue weighted by Crippen LogP contribution is -2.29. The van der Waals surface area contributed by atoms with Crippen LogP contribution in [0.5, 0.6) is 0 Å². The van der Waals surface area contributed by atoms with Gasteiger partial charge in [-0.3, -0.25) is 14.6 Å². The minimum absolute atomic E-state index is 0.168. The molecular weight excluding hydrogens is 288 g/mol. The average molecular weight is 296 g/mol. The topological polar surface area (TPSA) is 89.2 Å². The van der Waals surface area contributed by atoms with Crippen LogP contribution >= 0.6 is 11.3 Å². The van der Waals surface area contributed by atoms with E-state index in [1.165, 1.54) is 17.5 Å². The van der Waals surface area contributed by atoms with Crippen LogP contribution < -0.4 is 10.6 Å². The van der Waals surface area contributed by atoms with E-state index in [1.807, 2.05) is 0 Å². The predicted molar refractivity (Wildman–Crippen MR) is 79.4 cm³/mol. The van der Waals surface area contributed by atoms with E-state index in [4.69, 9.17) is 5.73 Å². The number of rotatable bonds is 1. The maximum atomic E-state index is 12.4. The molecule has 0 saturated heterocycles. The first-order valence-electron chi connectivity index (χ1n) is 6.15. The van der Waals surface area contributed by atoms with Crippen LogP contribution in [0.2, 0.25) is 0 Å². The molecule has 3 heterocycles. The summed E-state index contributed by atoms with van der Waals surface area (Å²) in [6, 6.07) is 8.49. The van der Waals surface area contributed by atoms with Crippen molar-refractivity contribution in [1.82, 2.24) is 9.97 Å². The number of nitrogen functional groups attached to an aromatic ring is 1. The van der Waals surface area contributed by atoms with Crippen LogP contribution in [-0.2, 0) is 0 Å². The van der Waals surface area contributed by atoms with Gasteiger partial charge in [0.1, 0.15) is 5.69 Å². The summed E-state index contributed by atoms with van der Waals surface area (Å²) >= 11 is 1.25. The number of hydrogen-bond acceptors (Lipinski definition) is 6. The molecule has 0 atom stereocenters. The molecule has 2 N–H and O–H groups in total. The van der Waals surface area contributed by atoms with Crippen LogP contribution in [0.1, 0.15) is 20.8 Å². The molecule has 21 heavy (non-hydrogen) atoms. The lowest BCUT2D eigenvalue weighted by atomic mass is 10.2. The summed E-state index contributed by atoms with van der Waals surface area (Å²) in [6.45, 7) is 0. The van der Waals surface area contributed by atoms with E-state index in [-0.39, 0.29) is 5.69 Å². The Hall–Kier alpha value is -2.80. The van der Waals surface area contributed by atoms with Gasteiger partial charge in [-0.2, -0.15) is 0 Å². The highest BCUT2D eigenvalue weighted by atomic mass is 32.1. The third-order valence-electron chi connectivity index (χ3n) is 3.24. The van der Waals surface area contributed by atoms with Gasteiger partial charge < -0.3 is 5.73 Å². The number of nitrogens with two attached hydrogens (primary N) is 1. The second kappa shape index (κ2) is 4.10. The summed E-state index contributed by atoms with van der Waals surface area (Å²) in [6.07, 6.45) is 1.49. The van der Waals surface area contributed by atoms with Crippen molar-refractivity contribution >= 4 is 44.2 Å². The van der Waals surface area contributed by atoms with Gasteiger partial charge in [-0.1, -0.05) is 11.3 Å². The molecule has 3 aromatic rings. The maximum Gasteiger partial charge on any atom is 0.286 e. The van der Waals surface area contributed by atoms with Crippen LogP contribution in [0.15, 0.2) is 36.5 Å². The molecule has 0 saturated carbocycles. The van der Waals surface area contributed by atoms with E-state index in [9.17, 15) is 9.59 Å². The third kappa shape index (κ3) is 1.64. The van der Waals surface area contributed by atoms with Gasteiger partial charge in [0.05, 0.1) is 15.8 Å². The Morgan fingerprint density at radius 1 is 1.14 bits per heavy atom. The van der Waals surface area contributed by atoms with Crippen LogP contribution in [-0.4, -0.2) is 21.8 Å². The molecule has 102 valence electrons. The number of amides is 2. The Kier molecular flexibility index (Phi) is 2.34. The van der Waals surface area contributed by atoms with Gasteiger partial charge >= 0.3 is 0 Å². The van der Waals surface area contributed by atoms with E-state index in [0.717, 1.165) is 9.60 Å². The molecule has 6 nitrogen and oxygen atoms in total. The zero-order chi connectivity index (χ0) is 14.6. The number of aromatic nitrogens is 2. The number of carbonyl (C=O) groups is 2. The normalized spacial score (nSPS) is 14.0. The average Bonchev–Trinajstić information content (AvgIpc) is 2.99. The van der Waals surface area contributed by atoms with E-state index in [0.29, 0.717) is 21.9 Å². The van der Waals surface area contributed by atoms with E-state index in [1.54, 1.807) is 30.3 Å². The van der Waals surface area contributed by atoms with Crippen LogP contribution in [0, 0.1) is 0 Å². The van der Waals surface area contributed by atoms with Gasteiger partial charge in [-0.15, -0.1) is 0 Å². The number of imide groups is 1. The van der Waals surface area contributed by atoms with Crippen molar-refractivity contribution in [3.8, 4) is 0 Å². The van der Waals surface area contributed by atoms with Crippen molar-refractivity contribution in [2.75, 3.05) is 10.6 Å². The number of anilines is 2. The quantitative estimate of drug-likeness (QED) is 0.548. The van der Waals surface area contributed by atoms with E-state index in [2.05, 4.69) is 9.97 Å². The summed E-state index contributed by atoms with van der Waals surface area (Å²) in [5.74, 6) is -0.835. The van der Waals surface area contributed by atoms with E-state index >= 15 is 0 Å². The Labute approximate surface area is 122 Å². The third-order valence-corrected chi connectivity index (χ3v) is 4.24. The highest BCUT2D eigenvalue weighted by Crippen LogP contribution is 2.34. The number of benzene rings is 1. The molecule has 2 amide bonds. The zero-order valence-corrected chi connectivity index (χ0v) is 11.4. The monoisotopic (exact) mass is 296 g/mol. The predicted octanol–water partition coefficient (Wildman–Crippen LogP) is 2.07. The SMILES string of the molecule is Nc1ccc2nc(N3C(=O)c4cccnc4C3=O)sc2c1. The molecule has 7 heteroatoms. The lowest BCUT2D eigenvalue weighted by molar-refractivity contribution is 0.0924. The van der Waals surface area contributed by atoms with Crippen molar-refractivity contribution in [2.45, 2.75) is 0 Å². The first-order chi connectivity index (χ1) is 10.1. The summed E-state index contributed by atoms with van der Waals surface area (Å²) in [7, 11) is 0. The van der Waals surface area contributed by atoms with Crippen molar-refractivity contribution in [1.29, 1.82) is 0 Å². The summed E-state index contributed by atoms with van der Waals surface area (Å²) in [5, 5.41) is 0.337. The van der Waals surface area contributed by atoms with Crippen molar-refractivity contribution in [3.63, 3.8) is 0 Å². The second-order valence-electron chi connectivity index (χ2n) is 4.57. The number of thiazole rings is 1. The lowest BCUT2D eigenvalue weighted by Gasteiger charge is -2.07. The minimum Gasteiger partial charge on any atom is -0.399 e. The molecule has 4 rings (SSSR count). The fourth-order valence-electron chi connectivity index (χ4n) is 2.27. The minimum atomic E-state index is -0.442. The Bertz CT molecular complexity index is 883. The molecular formula is C14H8N4O2S. The van der Waals surface area contributed by atoms with Gasteiger partial charge in [0.15, 0.2) is 0 Å². The van der Waals surface area contributed by atoms with Gasteiger partial charge in [-0.25, -0.2) is 9.88 Å². The van der Waals surface area contributed by atoms with Gasteiger partial charge in [0.2, 0.25) is 5.13 Å². The molecule has 0 fully saturated rings. The van der Waals surface area contributed by atoms with Crippen LogP contribution in [0.3, 0.4) is 0 Å². The number of nitrogens with zero attached hydrogens (tertiary/aromatic N) is 3. The fourth-order valence-corrected chi connectivity index (χ4v) is 3.28. The Balaban J connectivity index is 1.86. The largest absolute Gasteiger partial charge is 0.399 e. The number of pyridine rings is 1. The fraction of sp³-hybridized carbons (Fsp3) is 0. The van der Waals surface area contributed by atoms with Gasteiger partial charge in [0, 0.05) is 11.9 Å². The summed E-state index contributed by atoms with van der Waals surface area (Å²) in [4.78, 5) is 34.1. The molecule has 1 aliphatic rings. The van der Waals surface area contributed by atoms with E-state index < -0.39 is 11.8 Å². The maximum absolute atomic E-state index is 12.4. The van der Waals surface area contributed by atoms with Crippen LogP contribution in [0.4, 0.5) is 10.8 Å².